The van der Waals surface area contributed by atoms with Gasteiger partial charge in [0.1, 0.15) is 11.9 Å². The van der Waals surface area contributed by atoms with Crippen molar-refractivity contribution in [1.82, 2.24) is 0 Å². The molecular weight excluding hydrogens is 251 g/mol. The molecule has 0 aromatic heterocycles. The lowest BCUT2D eigenvalue weighted by atomic mass is 9.68. The summed E-state index contributed by atoms with van der Waals surface area (Å²) in [6.45, 7) is 7.01. The second-order valence-electron chi connectivity index (χ2n) is 7.30. The van der Waals surface area contributed by atoms with E-state index in [1.165, 1.54) is 25.3 Å². The van der Waals surface area contributed by atoms with Crippen LogP contribution < -0.4 is 5.32 Å². The zero-order chi connectivity index (χ0) is 14.5. The van der Waals surface area contributed by atoms with Gasteiger partial charge in [-0.25, -0.2) is 4.39 Å². The summed E-state index contributed by atoms with van der Waals surface area (Å²) in [4.78, 5) is 0. The van der Waals surface area contributed by atoms with E-state index in [1.54, 1.807) is 12.1 Å². The number of anilines is 1. The van der Waals surface area contributed by atoms with Gasteiger partial charge in [-0.15, -0.1) is 0 Å². The molecule has 1 N–H and O–H groups in total. The van der Waals surface area contributed by atoms with Gasteiger partial charge in [0.05, 0.1) is 5.56 Å². The topological polar surface area (TPSA) is 35.8 Å². The van der Waals surface area contributed by atoms with Crippen molar-refractivity contribution < 1.29 is 4.39 Å². The van der Waals surface area contributed by atoms with Crippen molar-refractivity contribution in [3.8, 4) is 6.07 Å². The highest BCUT2D eigenvalue weighted by atomic mass is 19.1. The standard InChI is InChI=1S/C17H21FN2/c1-16(2)12-6-7-17(3,9-12)15(16)20-13-4-5-14(18)11(8-13)10-19/h4-5,8,12,15,20H,6-7,9H2,1-3H3/t12-,15?,17+/m0/s1. The Labute approximate surface area is 120 Å². The highest BCUT2D eigenvalue weighted by molar-refractivity contribution is 5.51. The van der Waals surface area contributed by atoms with E-state index in [9.17, 15) is 4.39 Å². The molecule has 0 heterocycles. The lowest BCUT2D eigenvalue weighted by molar-refractivity contribution is 0.155. The average Bonchev–Trinajstić information content (AvgIpc) is 2.87. The molecule has 0 aliphatic heterocycles. The van der Waals surface area contributed by atoms with Crippen molar-refractivity contribution >= 4 is 5.69 Å². The summed E-state index contributed by atoms with van der Waals surface area (Å²) in [6, 6.07) is 7.03. The van der Waals surface area contributed by atoms with Gasteiger partial charge < -0.3 is 5.32 Å². The summed E-state index contributed by atoms with van der Waals surface area (Å²) >= 11 is 0. The van der Waals surface area contributed by atoms with E-state index in [4.69, 9.17) is 5.26 Å². The van der Waals surface area contributed by atoms with Crippen LogP contribution in [0.25, 0.3) is 0 Å². The molecule has 2 aliphatic rings. The monoisotopic (exact) mass is 272 g/mol. The molecule has 106 valence electrons. The van der Waals surface area contributed by atoms with Crippen LogP contribution in [0.3, 0.4) is 0 Å². The maximum atomic E-state index is 13.4. The fourth-order valence-corrected chi connectivity index (χ4v) is 4.53. The van der Waals surface area contributed by atoms with Gasteiger partial charge in [-0.1, -0.05) is 20.8 Å². The van der Waals surface area contributed by atoms with Crippen molar-refractivity contribution in [2.24, 2.45) is 16.7 Å². The van der Waals surface area contributed by atoms with Crippen LogP contribution in [0.5, 0.6) is 0 Å². The second kappa shape index (κ2) is 4.22. The van der Waals surface area contributed by atoms with Gasteiger partial charge in [-0.2, -0.15) is 5.26 Å². The second-order valence-corrected chi connectivity index (χ2v) is 7.30. The maximum absolute atomic E-state index is 13.4. The summed E-state index contributed by atoms with van der Waals surface area (Å²) in [5.74, 6) is 0.317. The minimum Gasteiger partial charge on any atom is -0.381 e. The Morgan fingerprint density at radius 3 is 2.70 bits per heavy atom. The zero-order valence-corrected chi connectivity index (χ0v) is 12.3. The summed E-state index contributed by atoms with van der Waals surface area (Å²) in [5.41, 5.74) is 1.53. The third-order valence-corrected chi connectivity index (χ3v) is 5.67. The Balaban J connectivity index is 1.90. The quantitative estimate of drug-likeness (QED) is 0.870. The lowest BCUT2D eigenvalue weighted by Crippen LogP contribution is -2.45. The molecule has 3 heteroatoms. The summed E-state index contributed by atoms with van der Waals surface area (Å²) in [6.07, 6.45) is 3.84. The molecule has 0 amide bonds. The average molecular weight is 272 g/mol. The van der Waals surface area contributed by atoms with Crippen LogP contribution in [0.4, 0.5) is 10.1 Å². The first-order valence-electron chi connectivity index (χ1n) is 7.33. The Kier molecular flexibility index (Phi) is 2.83. The minimum atomic E-state index is -0.448. The van der Waals surface area contributed by atoms with Crippen LogP contribution in [0.15, 0.2) is 18.2 Å². The summed E-state index contributed by atoms with van der Waals surface area (Å²) in [7, 11) is 0. The van der Waals surface area contributed by atoms with Crippen LogP contribution in [-0.4, -0.2) is 6.04 Å². The lowest BCUT2D eigenvalue weighted by Gasteiger charge is -2.43. The molecule has 2 bridgehead atoms. The molecule has 1 aromatic carbocycles. The Morgan fingerprint density at radius 2 is 2.10 bits per heavy atom. The number of nitrogens with one attached hydrogen (secondary N) is 1. The number of hydrogen-bond acceptors (Lipinski definition) is 2. The van der Waals surface area contributed by atoms with Gasteiger partial charge in [-0.05, 0) is 54.2 Å². The Morgan fingerprint density at radius 1 is 1.35 bits per heavy atom. The van der Waals surface area contributed by atoms with Gasteiger partial charge >= 0.3 is 0 Å². The largest absolute Gasteiger partial charge is 0.381 e. The van der Waals surface area contributed by atoms with Crippen molar-refractivity contribution in [1.29, 1.82) is 5.26 Å². The zero-order valence-electron chi connectivity index (χ0n) is 12.3. The molecule has 0 saturated heterocycles. The number of nitriles is 1. The van der Waals surface area contributed by atoms with E-state index in [1.807, 2.05) is 6.07 Å². The van der Waals surface area contributed by atoms with Crippen LogP contribution in [0, 0.1) is 33.9 Å². The molecule has 2 nitrogen and oxygen atoms in total. The molecular formula is C17H21FN2. The Bertz CT molecular complexity index is 582. The predicted octanol–water partition coefficient (Wildman–Crippen LogP) is 4.32. The Hall–Kier alpha value is -1.56. The van der Waals surface area contributed by atoms with E-state index >= 15 is 0 Å². The normalized spacial score (nSPS) is 34.0. The molecule has 2 saturated carbocycles. The number of nitrogens with zero attached hydrogens (tertiary/aromatic N) is 1. The van der Waals surface area contributed by atoms with E-state index in [-0.39, 0.29) is 11.0 Å². The first-order valence-corrected chi connectivity index (χ1v) is 7.33. The van der Waals surface area contributed by atoms with Crippen molar-refractivity contribution in [3.05, 3.63) is 29.6 Å². The molecule has 0 spiro atoms. The summed E-state index contributed by atoms with van der Waals surface area (Å²) in [5, 5.41) is 12.5. The minimum absolute atomic E-state index is 0.112. The van der Waals surface area contributed by atoms with Crippen molar-refractivity contribution in [2.45, 2.75) is 46.1 Å². The third kappa shape index (κ3) is 1.82. The number of benzene rings is 1. The van der Waals surface area contributed by atoms with Crippen LogP contribution in [0.2, 0.25) is 0 Å². The number of hydrogen-bond donors (Lipinski definition) is 1. The van der Waals surface area contributed by atoms with E-state index in [0.29, 0.717) is 11.5 Å². The van der Waals surface area contributed by atoms with Gasteiger partial charge in [0.15, 0.2) is 0 Å². The molecule has 3 rings (SSSR count). The van der Waals surface area contributed by atoms with Gasteiger partial charge in [0.25, 0.3) is 0 Å². The summed E-state index contributed by atoms with van der Waals surface area (Å²) < 4.78 is 13.4. The SMILES string of the molecule is CC1(C)C(Nc2ccc(F)c(C#N)c2)[C@]2(C)CC[C@H]1C2. The molecule has 20 heavy (non-hydrogen) atoms. The van der Waals surface area contributed by atoms with E-state index in [2.05, 4.69) is 26.1 Å². The molecule has 2 aliphatic carbocycles. The first-order chi connectivity index (χ1) is 9.37. The highest BCUT2D eigenvalue weighted by Gasteiger charge is 2.59. The maximum Gasteiger partial charge on any atom is 0.141 e. The smallest absolute Gasteiger partial charge is 0.141 e. The van der Waals surface area contributed by atoms with Crippen molar-refractivity contribution in [3.63, 3.8) is 0 Å². The molecule has 3 atom stereocenters. The number of fused-ring (bicyclic) bond motifs is 2. The van der Waals surface area contributed by atoms with E-state index in [0.717, 1.165) is 11.6 Å². The molecule has 2 fully saturated rings. The van der Waals surface area contributed by atoms with Gasteiger partial charge in [0.2, 0.25) is 0 Å². The number of rotatable bonds is 2. The van der Waals surface area contributed by atoms with Crippen LogP contribution in [-0.2, 0) is 0 Å². The van der Waals surface area contributed by atoms with E-state index < -0.39 is 5.82 Å². The van der Waals surface area contributed by atoms with Crippen LogP contribution >= 0.6 is 0 Å². The fraction of sp³-hybridized carbons (Fsp3) is 0.588. The number of halogens is 1. The fourth-order valence-electron chi connectivity index (χ4n) is 4.53. The third-order valence-electron chi connectivity index (χ3n) is 5.67. The van der Waals surface area contributed by atoms with Crippen LogP contribution in [0.1, 0.15) is 45.6 Å². The first kappa shape index (κ1) is 13.4. The van der Waals surface area contributed by atoms with Crippen molar-refractivity contribution in [2.75, 3.05) is 5.32 Å². The van der Waals surface area contributed by atoms with Gasteiger partial charge in [-0.3, -0.25) is 0 Å². The highest BCUT2D eigenvalue weighted by Crippen LogP contribution is 2.63. The molecule has 0 radical (unpaired) electrons. The molecule has 1 unspecified atom stereocenters. The predicted molar refractivity (Wildman–Crippen MR) is 77.8 cm³/mol. The molecule has 1 aromatic rings. The van der Waals surface area contributed by atoms with Gasteiger partial charge in [0, 0.05) is 11.7 Å².